The second-order valence-corrected chi connectivity index (χ2v) is 7.73. The minimum atomic E-state index is 0.0472. The number of halogens is 2. The predicted octanol–water partition coefficient (Wildman–Crippen LogP) is 6.17. The molecule has 0 N–H and O–H groups in total. The summed E-state index contributed by atoms with van der Waals surface area (Å²) in [6.07, 6.45) is 0. The van der Waals surface area contributed by atoms with Gasteiger partial charge in [-0.1, -0.05) is 54.6 Å². The fraction of sp³-hybridized carbons (Fsp3) is 0. The molecule has 0 bridgehead atoms. The molecular formula is C17H10Br2OS. The van der Waals surface area contributed by atoms with E-state index in [1.165, 1.54) is 11.3 Å². The summed E-state index contributed by atoms with van der Waals surface area (Å²) in [7, 11) is 0. The summed E-state index contributed by atoms with van der Waals surface area (Å²) in [4.78, 5) is 13.2. The van der Waals surface area contributed by atoms with Gasteiger partial charge in [-0.15, -0.1) is 11.3 Å². The Balaban J connectivity index is 1.89. The number of benzene rings is 2. The summed E-state index contributed by atoms with van der Waals surface area (Å²) in [5.41, 5.74) is 2.97. The van der Waals surface area contributed by atoms with E-state index in [0.29, 0.717) is 5.56 Å². The summed E-state index contributed by atoms with van der Waals surface area (Å²) in [5, 5.41) is 0. The van der Waals surface area contributed by atoms with Crippen molar-refractivity contribution in [3.05, 3.63) is 79.4 Å². The molecule has 0 aliphatic carbocycles. The standard InChI is InChI=1S/C17H10Br2OS/c18-14-10-15(21-17(14)19)16(20)13-8-6-12(7-9-13)11-4-2-1-3-5-11/h1-10H. The first-order valence-corrected chi connectivity index (χ1v) is 8.70. The van der Waals surface area contributed by atoms with Gasteiger partial charge in [0.25, 0.3) is 0 Å². The number of hydrogen-bond donors (Lipinski definition) is 0. The van der Waals surface area contributed by atoms with E-state index in [1.54, 1.807) is 0 Å². The van der Waals surface area contributed by atoms with Crippen LogP contribution in [0.4, 0.5) is 0 Å². The SMILES string of the molecule is O=C(c1ccc(-c2ccccc2)cc1)c1cc(Br)c(Br)s1. The molecule has 0 amide bonds. The van der Waals surface area contributed by atoms with E-state index in [0.717, 1.165) is 24.3 Å². The number of rotatable bonds is 3. The van der Waals surface area contributed by atoms with Gasteiger partial charge in [0.15, 0.2) is 0 Å². The van der Waals surface area contributed by atoms with Crippen molar-refractivity contribution < 1.29 is 4.79 Å². The zero-order valence-corrected chi connectivity index (χ0v) is 14.8. The normalized spacial score (nSPS) is 10.6. The molecule has 0 saturated heterocycles. The van der Waals surface area contributed by atoms with Crippen molar-refractivity contribution in [1.82, 2.24) is 0 Å². The molecule has 2 aromatic carbocycles. The minimum Gasteiger partial charge on any atom is -0.288 e. The Bertz CT molecular complexity index is 757. The molecule has 4 heteroatoms. The van der Waals surface area contributed by atoms with Gasteiger partial charge in [0, 0.05) is 10.0 Å². The van der Waals surface area contributed by atoms with Gasteiger partial charge in [-0.2, -0.15) is 0 Å². The van der Waals surface area contributed by atoms with Crippen LogP contribution in [-0.4, -0.2) is 5.78 Å². The molecule has 0 saturated carbocycles. The van der Waals surface area contributed by atoms with Gasteiger partial charge in [0.05, 0.1) is 8.66 Å². The molecule has 0 spiro atoms. The molecule has 3 rings (SSSR count). The highest BCUT2D eigenvalue weighted by Gasteiger charge is 2.14. The molecular weight excluding hydrogens is 412 g/mol. The van der Waals surface area contributed by atoms with E-state index >= 15 is 0 Å². The Kier molecular flexibility index (Phi) is 4.38. The van der Waals surface area contributed by atoms with E-state index in [1.807, 2.05) is 48.5 Å². The number of carbonyl (C=O) groups is 1. The van der Waals surface area contributed by atoms with Crippen molar-refractivity contribution in [3.63, 3.8) is 0 Å². The topological polar surface area (TPSA) is 17.1 Å². The highest BCUT2D eigenvalue weighted by molar-refractivity contribution is 9.13. The third-order valence-corrected chi connectivity index (χ3v) is 6.38. The second-order valence-electron chi connectivity index (χ2n) is 4.50. The van der Waals surface area contributed by atoms with Crippen LogP contribution in [0.15, 0.2) is 68.9 Å². The van der Waals surface area contributed by atoms with E-state index in [9.17, 15) is 4.79 Å². The lowest BCUT2D eigenvalue weighted by Crippen LogP contribution is -1.97. The quantitative estimate of drug-likeness (QED) is 0.462. The Labute approximate surface area is 143 Å². The van der Waals surface area contributed by atoms with Gasteiger partial charge in [-0.05, 0) is 49.1 Å². The maximum atomic E-state index is 12.4. The molecule has 0 unspecified atom stereocenters. The molecule has 0 radical (unpaired) electrons. The molecule has 1 aromatic heterocycles. The third-order valence-electron chi connectivity index (χ3n) is 3.12. The first-order valence-electron chi connectivity index (χ1n) is 6.30. The van der Waals surface area contributed by atoms with Crippen molar-refractivity contribution >= 4 is 49.0 Å². The van der Waals surface area contributed by atoms with Gasteiger partial charge < -0.3 is 0 Å². The van der Waals surface area contributed by atoms with Crippen molar-refractivity contribution in [2.45, 2.75) is 0 Å². The van der Waals surface area contributed by atoms with Crippen LogP contribution < -0.4 is 0 Å². The van der Waals surface area contributed by atoms with Crippen molar-refractivity contribution in [2.75, 3.05) is 0 Å². The Hall–Kier alpha value is -1.23. The van der Waals surface area contributed by atoms with Crippen LogP contribution in [-0.2, 0) is 0 Å². The summed E-state index contributed by atoms with van der Waals surface area (Å²) >= 11 is 8.27. The molecule has 0 aliphatic rings. The summed E-state index contributed by atoms with van der Waals surface area (Å²) in [6.45, 7) is 0. The number of hydrogen-bond acceptors (Lipinski definition) is 2. The van der Waals surface area contributed by atoms with Crippen LogP contribution >= 0.6 is 43.2 Å². The Morgan fingerprint density at radius 1 is 0.857 bits per heavy atom. The zero-order chi connectivity index (χ0) is 14.8. The van der Waals surface area contributed by atoms with Crippen LogP contribution in [0.5, 0.6) is 0 Å². The lowest BCUT2D eigenvalue weighted by Gasteiger charge is -2.03. The Morgan fingerprint density at radius 2 is 1.48 bits per heavy atom. The molecule has 21 heavy (non-hydrogen) atoms. The molecule has 0 atom stereocenters. The lowest BCUT2D eigenvalue weighted by molar-refractivity contribution is 0.104. The van der Waals surface area contributed by atoms with Gasteiger partial charge in [0.1, 0.15) is 0 Å². The molecule has 1 nitrogen and oxygen atoms in total. The van der Waals surface area contributed by atoms with Crippen LogP contribution in [0.25, 0.3) is 11.1 Å². The van der Waals surface area contributed by atoms with Crippen molar-refractivity contribution in [2.24, 2.45) is 0 Å². The maximum Gasteiger partial charge on any atom is 0.203 e. The summed E-state index contributed by atoms with van der Waals surface area (Å²) in [5.74, 6) is 0.0472. The maximum absolute atomic E-state index is 12.4. The van der Waals surface area contributed by atoms with Gasteiger partial charge in [0.2, 0.25) is 5.78 Å². The van der Waals surface area contributed by atoms with Crippen LogP contribution in [0, 0.1) is 0 Å². The average molecular weight is 422 g/mol. The second kappa shape index (κ2) is 6.26. The molecule has 1 heterocycles. The average Bonchev–Trinajstić information content (AvgIpc) is 2.87. The van der Waals surface area contributed by atoms with Crippen LogP contribution in [0.1, 0.15) is 15.2 Å². The number of thiophene rings is 1. The smallest absolute Gasteiger partial charge is 0.203 e. The largest absolute Gasteiger partial charge is 0.288 e. The van der Waals surface area contributed by atoms with Gasteiger partial charge in [-0.25, -0.2) is 0 Å². The Morgan fingerprint density at radius 3 is 2.05 bits per heavy atom. The van der Waals surface area contributed by atoms with Crippen molar-refractivity contribution in [1.29, 1.82) is 0 Å². The van der Waals surface area contributed by atoms with Gasteiger partial charge >= 0.3 is 0 Å². The first-order chi connectivity index (χ1) is 10.1. The first kappa shape index (κ1) is 14.7. The molecule has 0 fully saturated rings. The highest BCUT2D eigenvalue weighted by Crippen LogP contribution is 2.33. The van der Waals surface area contributed by atoms with E-state index in [-0.39, 0.29) is 5.78 Å². The third kappa shape index (κ3) is 3.18. The van der Waals surface area contributed by atoms with E-state index in [4.69, 9.17) is 0 Å². The van der Waals surface area contributed by atoms with Crippen LogP contribution in [0.2, 0.25) is 0 Å². The number of carbonyl (C=O) groups excluding carboxylic acids is 1. The van der Waals surface area contributed by atoms with Crippen molar-refractivity contribution in [3.8, 4) is 11.1 Å². The molecule has 104 valence electrons. The van der Waals surface area contributed by atoms with Gasteiger partial charge in [-0.3, -0.25) is 4.79 Å². The van der Waals surface area contributed by atoms with E-state index < -0.39 is 0 Å². The fourth-order valence-electron chi connectivity index (χ4n) is 2.05. The zero-order valence-electron chi connectivity index (χ0n) is 10.8. The lowest BCUT2D eigenvalue weighted by atomic mass is 10.0. The predicted molar refractivity (Wildman–Crippen MR) is 95.0 cm³/mol. The molecule has 3 aromatic rings. The summed E-state index contributed by atoms with van der Waals surface area (Å²) < 4.78 is 1.85. The monoisotopic (exact) mass is 420 g/mol. The summed E-state index contributed by atoms with van der Waals surface area (Å²) in [6, 6.07) is 19.7. The minimum absolute atomic E-state index is 0.0472. The van der Waals surface area contributed by atoms with E-state index in [2.05, 4.69) is 44.0 Å². The molecule has 0 aliphatic heterocycles. The fourth-order valence-corrected chi connectivity index (χ4v) is 4.04. The number of ketones is 1. The highest BCUT2D eigenvalue weighted by atomic mass is 79.9. The van der Waals surface area contributed by atoms with Crippen LogP contribution in [0.3, 0.4) is 0 Å².